The van der Waals surface area contributed by atoms with Gasteiger partial charge in [0.2, 0.25) is 10.0 Å². The molecule has 2 N–H and O–H groups in total. The number of hydrogen-bond acceptors (Lipinski definition) is 5. The van der Waals surface area contributed by atoms with Crippen molar-refractivity contribution in [2.24, 2.45) is 0 Å². The largest absolute Gasteiger partial charge is 0.497 e. The first-order valence-corrected chi connectivity index (χ1v) is 11.2. The van der Waals surface area contributed by atoms with Crippen molar-refractivity contribution >= 4 is 15.7 Å². The lowest BCUT2D eigenvalue weighted by Crippen LogP contribution is -3.15. The normalized spacial score (nSPS) is 16.4. The molecule has 1 saturated heterocycles. The predicted molar refractivity (Wildman–Crippen MR) is 113 cm³/mol. The topological polar surface area (TPSA) is 72.3 Å². The van der Waals surface area contributed by atoms with Gasteiger partial charge in [-0.3, -0.25) is 0 Å². The predicted octanol–water partition coefficient (Wildman–Crippen LogP) is 0.696. The molecular weight excluding hydrogens is 390 g/mol. The first-order chi connectivity index (χ1) is 13.9. The molecule has 2 aromatic carbocycles. The summed E-state index contributed by atoms with van der Waals surface area (Å²) in [7, 11) is 1.95. The number of morpholine rings is 1. The molecule has 1 aliphatic heterocycles. The Hall–Kier alpha value is -2.13. The van der Waals surface area contributed by atoms with E-state index in [4.69, 9.17) is 9.47 Å². The van der Waals surface area contributed by atoms with Gasteiger partial charge in [-0.25, -0.2) is 13.1 Å². The molecule has 1 fully saturated rings. The summed E-state index contributed by atoms with van der Waals surface area (Å²) in [5.74, 6) is 0.626. The van der Waals surface area contributed by atoms with E-state index in [0.717, 1.165) is 24.3 Å². The molecule has 0 aromatic heterocycles. The molecule has 1 aliphatic rings. The molecule has 29 heavy (non-hydrogen) atoms. The van der Waals surface area contributed by atoms with E-state index in [-0.39, 0.29) is 10.9 Å². The van der Waals surface area contributed by atoms with E-state index in [0.29, 0.717) is 25.5 Å². The number of sulfonamides is 1. The van der Waals surface area contributed by atoms with E-state index < -0.39 is 10.0 Å². The molecular formula is C21H30N3O4S+. The maximum Gasteiger partial charge on any atom is 0.240 e. The van der Waals surface area contributed by atoms with Crippen LogP contribution in [0.1, 0.15) is 11.6 Å². The van der Waals surface area contributed by atoms with Crippen molar-refractivity contribution in [3.63, 3.8) is 0 Å². The van der Waals surface area contributed by atoms with Gasteiger partial charge in [-0.2, -0.15) is 0 Å². The zero-order chi connectivity index (χ0) is 20.9. The van der Waals surface area contributed by atoms with Gasteiger partial charge in [-0.15, -0.1) is 0 Å². The number of quaternary nitrogens is 1. The molecule has 158 valence electrons. The second-order valence-corrected chi connectivity index (χ2v) is 9.10. The van der Waals surface area contributed by atoms with Crippen molar-refractivity contribution in [2.45, 2.75) is 10.9 Å². The lowest BCUT2D eigenvalue weighted by Gasteiger charge is -2.32. The highest BCUT2D eigenvalue weighted by atomic mass is 32.2. The van der Waals surface area contributed by atoms with Crippen LogP contribution in [0, 0.1) is 0 Å². The smallest absolute Gasteiger partial charge is 0.240 e. The fraction of sp³-hybridized carbons (Fsp3) is 0.429. The summed E-state index contributed by atoms with van der Waals surface area (Å²) < 4.78 is 39.0. The highest BCUT2D eigenvalue weighted by Gasteiger charge is 2.28. The molecule has 0 radical (unpaired) electrons. The molecule has 0 aliphatic carbocycles. The van der Waals surface area contributed by atoms with Gasteiger partial charge in [-0.05, 0) is 36.4 Å². The van der Waals surface area contributed by atoms with Gasteiger partial charge in [0.1, 0.15) is 24.9 Å². The summed E-state index contributed by atoms with van der Waals surface area (Å²) in [4.78, 5) is 3.61. The van der Waals surface area contributed by atoms with Crippen LogP contribution in [0.4, 0.5) is 5.69 Å². The highest BCUT2D eigenvalue weighted by molar-refractivity contribution is 7.89. The molecule has 8 heteroatoms. The van der Waals surface area contributed by atoms with E-state index in [2.05, 4.69) is 29.0 Å². The van der Waals surface area contributed by atoms with E-state index in [1.807, 2.05) is 19.0 Å². The Balaban J connectivity index is 1.78. The van der Waals surface area contributed by atoms with Crippen LogP contribution in [-0.4, -0.2) is 62.5 Å². The lowest BCUT2D eigenvalue weighted by atomic mass is 10.0. The second-order valence-electron chi connectivity index (χ2n) is 7.34. The lowest BCUT2D eigenvalue weighted by molar-refractivity contribution is -0.937. The van der Waals surface area contributed by atoms with Crippen molar-refractivity contribution in [3.8, 4) is 5.75 Å². The Morgan fingerprint density at radius 2 is 1.69 bits per heavy atom. The third-order valence-corrected chi connectivity index (χ3v) is 6.73. The molecule has 0 amide bonds. The summed E-state index contributed by atoms with van der Waals surface area (Å²) in [6.07, 6.45) is 0. The molecule has 0 spiro atoms. The van der Waals surface area contributed by atoms with Crippen LogP contribution < -0.4 is 19.3 Å². The Kier molecular flexibility index (Phi) is 7.13. The number of benzene rings is 2. The van der Waals surface area contributed by atoms with Crippen molar-refractivity contribution in [3.05, 3.63) is 54.1 Å². The maximum atomic E-state index is 12.8. The number of nitrogens with one attached hydrogen (secondary N) is 2. The maximum absolute atomic E-state index is 12.8. The van der Waals surface area contributed by atoms with Crippen LogP contribution in [0.25, 0.3) is 0 Å². The van der Waals surface area contributed by atoms with Crippen molar-refractivity contribution in [2.75, 3.05) is 59.0 Å². The van der Waals surface area contributed by atoms with Crippen molar-refractivity contribution in [1.82, 2.24) is 4.72 Å². The van der Waals surface area contributed by atoms with Crippen LogP contribution in [0.5, 0.6) is 5.75 Å². The molecule has 2 aromatic rings. The van der Waals surface area contributed by atoms with Gasteiger partial charge in [0, 0.05) is 25.3 Å². The van der Waals surface area contributed by atoms with Gasteiger partial charge >= 0.3 is 0 Å². The minimum Gasteiger partial charge on any atom is -0.497 e. The third kappa shape index (κ3) is 5.48. The molecule has 1 atom stereocenters. The summed E-state index contributed by atoms with van der Waals surface area (Å²) in [6.45, 7) is 3.40. The second kappa shape index (κ2) is 9.58. The van der Waals surface area contributed by atoms with E-state index in [1.54, 1.807) is 31.4 Å². The number of rotatable bonds is 8. The molecule has 0 bridgehead atoms. The monoisotopic (exact) mass is 420 g/mol. The quantitative estimate of drug-likeness (QED) is 0.658. The minimum absolute atomic E-state index is 0.0168. The van der Waals surface area contributed by atoms with Crippen molar-refractivity contribution in [1.29, 1.82) is 0 Å². The molecule has 3 rings (SSSR count). The Labute approximate surface area is 173 Å². The fourth-order valence-corrected chi connectivity index (χ4v) is 4.56. The van der Waals surface area contributed by atoms with Crippen LogP contribution in [0.15, 0.2) is 53.4 Å². The summed E-state index contributed by atoms with van der Waals surface area (Å²) in [6, 6.07) is 14.8. The highest BCUT2D eigenvalue weighted by Crippen LogP contribution is 2.18. The summed E-state index contributed by atoms with van der Waals surface area (Å²) in [5, 5.41) is 0. The van der Waals surface area contributed by atoms with Crippen molar-refractivity contribution < 1.29 is 22.8 Å². The Bertz CT molecular complexity index is 877. The molecule has 0 saturated carbocycles. The standard InChI is InChI=1S/C21H29N3O4S/c1-23(2)18-6-4-17(5-7-18)21(24-12-14-28-15-13-24)16-22-29(25,26)20-10-8-19(27-3)9-11-20/h4-11,21-22H,12-16H2,1-3H3/p+1/t21-/m0/s1. The minimum atomic E-state index is -3.61. The zero-order valence-electron chi connectivity index (χ0n) is 17.2. The van der Waals surface area contributed by atoms with Crippen LogP contribution in [-0.2, 0) is 14.8 Å². The van der Waals surface area contributed by atoms with E-state index in [9.17, 15) is 8.42 Å². The van der Waals surface area contributed by atoms with Gasteiger partial charge in [-0.1, -0.05) is 12.1 Å². The van der Waals surface area contributed by atoms with E-state index >= 15 is 0 Å². The fourth-order valence-electron chi connectivity index (χ4n) is 3.52. The first-order valence-electron chi connectivity index (χ1n) is 9.74. The number of nitrogens with zero attached hydrogens (tertiary/aromatic N) is 1. The van der Waals surface area contributed by atoms with Crippen LogP contribution in [0.3, 0.4) is 0 Å². The number of anilines is 1. The van der Waals surface area contributed by atoms with Gasteiger partial charge in [0.25, 0.3) is 0 Å². The average Bonchev–Trinajstić information content (AvgIpc) is 2.75. The van der Waals surface area contributed by atoms with Gasteiger partial charge < -0.3 is 19.3 Å². The number of methoxy groups -OCH3 is 1. The van der Waals surface area contributed by atoms with Gasteiger partial charge in [0.05, 0.1) is 31.8 Å². The van der Waals surface area contributed by atoms with E-state index in [1.165, 1.54) is 4.90 Å². The Morgan fingerprint density at radius 3 is 2.24 bits per heavy atom. The molecule has 1 heterocycles. The first kappa shape index (κ1) is 21.6. The molecule has 7 nitrogen and oxygen atoms in total. The average molecular weight is 421 g/mol. The summed E-state index contributed by atoms with van der Waals surface area (Å²) >= 11 is 0. The van der Waals surface area contributed by atoms with Crippen LogP contribution in [0.2, 0.25) is 0 Å². The van der Waals surface area contributed by atoms with Crippen LogP contribution >= 0.6 is 0 Å². The SMILES string of the molecule is COc1ccc(S(=O)(=O)NC[C@@H](c2ccc(N(C)C)cc2)[NH+]2CCOCC2)cc1. The Morgan fingerprint density at radius 1 is 1.07 bits per heavy atom. The van der Waals surface area contributed by atoms with Gasteiger partial charge in [0.15, 0.2) is 0 Å². The third-order valence-electron chi connectivity index (χ3n) is 5.29. The number of ether oxygens (including phenoxy) is 2. The molecule has 0 unspecified atom stereocenters. The number of hydrogen-bond donors (Lipinski definition) is 2. The zero-order valence-corrected chi connectivity index (χ0v) is 18.0. The summed E-state index contributed by atoms with van der Waals surface area (Å²) in [5.41, 5.74) is 2.23.